The first-order valence-electron chi connectivity index (χ1n) is 10.9. The van der Waals surface area contributed by atoms with Gasteiger partial charge in [-0.1, -0.05) is 18.2 Å². The van der Waals surface area contributed by atoms with Crippen molar-refractivity contribution < 1.29 is 14.0 Å². The number of hydrogen-bond donors (Lipinski definition) is 1. The van der Waals surface area contributed by atoms with Gasteiger partial charge in [-0.2, -0.15) is 0 Å². The summed E-state index contributed by atoms with van der Waals surface area (Å²) in [6.45, 7) is 8.46. The highest BCUT2D eigenvalue weighted by Crippen LogP contribution is 2.29. The number of carbonyl (C=O) groups excluding carboxylic acids is 2. The van der Waals surface area contributed by atoms with E-state index in [1.165, 1.54) is 23.5 Å². The quantitative estimate of drug-likeness (QED) is 0.610. The molecule has 1 saturated heterocycles. The van der Waals surface area contributed by atoms with E-state index in [1.807, 2.05) is 43.9 Å². The number of aromatic nitrogens is 1. The Hall–Kier alpha value is -3.10. The molecule has 0 atom stereocenters. The maximum atomic E-state index is 13.2. The molecule has 0 unspecified atom stereocenters. The van der Waals surface area contributed by atoms with Crippen LogP contribution >= 0.6 is 11.3 Å². The minimum absolute atomic E-state index is 0.0435. The van der Waals surface area contributed by atoms with Gasteiger partial charge in [-0.15, -0.1) is 11.3 Å². The van der Waals surface area contributed by atoms with Crippen molar-refractivity contribution >= 4 is 28.8 Å². The number of amides is 2. The largest absolute Gasteiger partial charge is 0.335 e. The lowest BCUT2D eigenvalue weighted by molar-refractivity contribution is -0.117. The fraction of sp³-hybridized carbons (Fsp3) is 0.320. The number of rotatable bonds is 5. The Kier molecular flexibility index (Phi) is 6.85. The van der Waals surface area contributed by atoms with Crippen LogP contribution in [0.5, 0.6) is 0 Å². The van der Waals surface area contributed by atoms with Crippen molar-refractivity contribution in [1.82, 2.24) is 14.8 Å². The van der Waals surface area contributed by atoms with Crippen LogP contribution in [0.4, 0.5) is 10.1 Å². The van der Waals surface area contributed by atoms with Crippen LogP contribution in [0.1, 0.15) is 26.5 Å². The minimum atomic E-state index is -0.302. The predicted molar refractivity (Wildman–Crippen MR) is 129 cm³/mol. The molecule has 2 amide bonds. The van der Waals surface area contributed by atoms with Gasteiger partial charge in [0.05, 0.1) is 12.2 Å². The van der Waals surface area contributed by atoms with Crippen LogP contribution in [-0.4, -0.2) is 59.3 Å². The second-order valence-corrected chi connectivity index (χ2v) is 9.32. The van der Waals surface area contributed by atoms with Gasteiger partial charge in [0.25, 0.3) is 5.91 Å². The smallest absolute Gasteiger partial charge is 0.265 e. The van der Waals surface area contributed by atoms with E-state index in [9.17, 15) is 14.0 Å². The van der Waals surface area contributed by atoms with Crippen molar-refractivity contribution in [3.8, 4) is 10.6 Å². The maximum absolute atomic E-state index is 13.2. The van der Waals surface area contributed by atoms with E-state index < -0.39 is 0 Å². The van der Waals surface area contributed by atoms with Gasteiger partial charge in [0.15, 0.2) is 0 Å². The Bertz CT molecular complexity index is 1150. The van der Waals surface area contributed by atoms with Crippen molar-refractivity contribution in [1.29, 1.82) is 0 Å². The molecule has 1 aromatic heterocycles. The summed E-state index contributed by atoms with van der Waals surface area (Å²) in [5, 5.41) is 3.73. The first kappa shape index (κ1) is 23.1. The molecule has 0 radical (unpaired) electrons. The second kappa shape index (κ2) is 9.80. The topological polar surface area (TPSA) is 65.5 Å². The number of aryl methyl sites for hydroxylation is 3. The van der Waals surface area contributed by atoms with Crippen molar-refractivity contribution in [2.45, 2.75) is 20.8 Å². The van der Waals surface area contributed by atoms with E-state index in [0.717, 1.165) is 22.4 Å². The molecule has 2 heterocycles. The monoisotopic (exact) mass is 466 g/mol. The number of piperazine rings is 1. The molecule has 0 spiro atoms. The van der Waals surface area contributed by atoms with Gasteiger partial charge in [-0.25, -0.2) is 9.37 Å². The van der Waals surface area contributed by atoms with E-state index in [4.69, 9.17) is 0 Å². The number of hydrogen-bond acceptors (Lipinski definition) is 5. The molecule has 1 aliphatic rings. The number of para-hydroxylation sites is 1. The second-order valence-electron chi connectivity index (χ2n) is 8.32. The summed E-state index contributed by atoms with van der Waals surface area (Å²) in [4.78, 5) is 34.7. The fourth-order valence-electron chi connectivity index (χ4n) is 3.96. The van der Waals surface area contributed by atoms with Crippen LogP contribution in [-0.2, 0) is 4.79 Å². The van der Waals surface area contributed by atoms with Crippen molar-refractivity contribution in [2.24, 2.45) is 0 Å². The third kappa shape index (κ3) is 5.29. The molecule has 0 bridgehead atoms. The van der Waals surface area contributed by atoms with Crippen molar-refractivity contribution in [2.75, 3.05) is 38.0 Å². The number of halogens is 1. The van der Waals surface area contributed by atoms with Crippen LogP contribution in [0, 0.1) is 26.6 Å². The van der Waals surface area contributed by atoms with E-state index in [0.29, 0.717) is 48.3 Å². The number of thiazole rings is 1. The Morgan fingerprint density at radius 2 is 1.64 bits per heavy atom. The first-order chi connectivity index (χ1) is 15.8. The first-order valence-corrected chi connectivity index (χ1v) is 11.7. The summed E-state index contributed by atoms with van der Waals surface area (Å²) in [6, 6.07) is 12.1. The Labute approximate surface area is 197 Å². The van der Waals surface area contributed by atoms with Crippen LogP contribution in [0.15, 0.2) is 42.5 Å². The zero-order chi connectivity index (χ0) is 23.5. The van der Waals surface area contributed by atoms with Gasteiger partial charge in [0.1, 0.15) is 15.7 Å². The highest BCUT2D eigenvalue weighted by molar-refractivity contribution is 7.17. The molecule has 3 aromatic rings. The molecule has 1 aliphatic heterocycles. The lowest BCUT2D eigenvalue weighted by Gasteiger charge is -2.34. The normalized spacial score (nSPS) is 14.4. The Morgan fingerprint density at radius 3 is 2.27 bits per heavy atom. The van der Waals surface area contributed by atoms with Gasteiger partial charge in [0, 0.05) is 37.4 Å². The standard InChI is InChI=1S/C25H27FN4O2S/c1-16-5-4-6-17(2)22(16)28-21(31)15-29-11-13-30(14-12-29)25(32)23-18(3)27-24(33-23)19-7-9-20(26)10-8-19/h4-10H,11-15H2,1-3H3,(H,28,31). The summed E-state index contributed by atoms with van der Waals surface area (Å²) < 4.78 is 13.2. The van der Waals surface area contributed by atoms with Crippen LogP contribution in [0.2, 0.25) is 0 Å². The van der Waals surface area contributed by atoms with E-state index in [2.05, 4.69) is 15.2 Å². The van der Waals surface area contributed by atoms with Gasteiger partial charge in [0.2, 0.25) is 5.91 Å². The van der Waals surface area contributed by atoms with Gasteiger partial charge >= 0.3 is 0 Å². The maximum Gasteiger partial charge on any atom is 0.265 e. The molecule has 172 valence electrons. The molecular formula is C25H27FN4O2S. The fourth-order valence-corrected chi connectivity index (χ4v) is 5.00. The molecule has 33 heavy (non-hydrogen) atoms. The summed E-state index contributed by atoms with van der Waals surface area (Å²) in [5.41, 5.74) is 4.43. The van der Waals surface area contributed by atoms with Crippen LogP contribution in [0.25, 0.3) is 10.6 Å². The molecule has 1 N–H and O–H groups in total. The molecule has 1 fully saturated rings. The third-order valence-electron chi connectivity index (χ3n) is 5.85. The lowest BCUT2D eigenvalue weighted by Crippen LogP contribution is -2.50. The number of carbonyl (C=O) groups is 2. The number of nitrogens with zero attached hydrogens (tertiary/aromatic N) is 3. The molecule has 4 rings (SSSR count). The number of benzene rings is 2. The van der Waals surface area contributed by atoms with Crippen LogP contribution in [0.3, 0.4) is 0 Å². The third-order valence-corrected chi connectivity index (χ3v) is 7.05. The number of anilines is 1. The average Bonchev–Trinajstić information content (AvgIpc) is 3.18. The zero-order valence-electron chi connectivity index (χ0n) is 19.0. The summed E-state index contributed by atoms with van der Waals surface area (Å²) in [7, 11) is 0. The van der Waals surface area contributed by atoms with E-state index in [-0.39, 0.29) is 17.6 Å². The molecule has 8 heteroatoms. The van der Waals surface area contributed by atoms with Gasteiger partial charge in [-0.3, -0.25) is 14.5 Å². The summed E-state index contributed by atoms with van der Waals surface area (Å²) >= 11 is 1.33. The van der Waals surface area contributed by atoms with Gasteiger partial charge < -0.3 is 10.2 Å². The molecule has 0 saturated carbocycles. The summed E-state index contributed by atoms with van der Waals surface area (Å²) in [5.74, 6) is -0.392. The minimum Gasteiger partial charge on any atom is -0.335 e. The highest BCUT2D eigenvalue weighted by Gasteiger charge is 2.26. The molecule has 0 aliphatic carbocycles. The Balaban J connectivity index is 1.34. The highest BCUT2D eigenvalue weighted by atomic mass is 32.1. The SMILES string of the molecule is Cc1cccc(C)c1NC(=O)CN1CCN(C(=O)c2sc(-c3ccc(F)cc3)nc2C)CC1. The van der Waals surface area contributed by atoms with Crippen molar-refractivity contribution in [3.63, 3.8) is 0 Å². The lowest BCUT2D eigenvalue weighted by atomic mass is 10.1. The average molecular weight is 467 g/mol. The predicted octanol–water partition coefficient (Wildman–Crippen LogP) is 4.27. The van der Waals surface area contributed by atoms with Gasteiger partial charge in [-0.05, 0) is 56.2 Å². The summed E-state index contributed by atoms with van der Waals surface area (Å²) in [6.07, 6.45) is 0. The van der Waals surface area contributed by atoms with E-state index in [1.54, 1.807) is 12.1 Å². The van der Waals surface area contributed by atoms with Crippen molar-refractivity contribution in [3.05, 3.63) is 70.0 Å². The number of nitrogens with one attached hydrogen (secondary N) is 1. The molecule has 6 nitrogen and oxygen atoms in total. The molecule has 2 aromatic carbocycles. The molecular weight excluding hydrogens is 439 g/mol. The zero-order valence-corrected chi connectivity index (χ0v) is 19.8. The van der Waals surface area contributed by atoms with E-state index >= 15 is 0 Å². The van der Waals surface area contributed by atoms with Crippen LogP contribution < -0.4 is 5.32 Å². The Morgan fingerprint density at radius 1 is 1.00 bits per heavy atom.